The predicted octanol–water partition coefficient (Wildman–Crippen LogP) is -1.66. The molecule has 2 fully saturated rings. The zero-order valence-electron chi connectivity index (χ0n) is 6.73. The molecule has 70 valence electrons. The van der Waals surface area contributed by atoms with Crippen LogP contribution in [0.4, 0.5) is 0 Å². The van der Waals surface area contributed by atoms with E-state index in [1.807, 2.05) is 0 Å². The van der Waals surface area contributed by atoms with Crippen LogP contribution < -0.4 is 10.5 Å². The van der Waals surface area contributed by atoms with E-state index >= 15 is 0 Å². The molecule has 0 aromatic rings. The monoisotopic (exact) mass is 191 g/mol. The van der Waals surface area contributed by atoms with Crippen LogP contribution in [-0.2, 0) is 10.2 Å². The van der Waals surface area contributed by atoms with Crippen molar-refractivity contribution in [2.75, 3.05) is 26.2 Å². The number of nitrogens with two attached hydrogens (primary N) is 1. The number of hydrogen-bond acceptors (Lipinski definition) is 3. The highest BCUT2D eigenvalue weighted by molar-refractivity contribution is 7.86. The van der Waals surface area contributed by atoms with Crippen LogP contribution in [0.5, 0.6) is 0 Å². The van der Waals surface area contributed by atoms with Gasteiger partial charge in [-0.25, -0.2) is 5.14 Å². The molecule has 5 nitrogen and oxygen atoms in total. The van der Waals surface area contributed by atoms with Crippen LogP contribution in [0.25, 0.3) is 0 Å². The molecule has 12 heavy (non-hydrogen) atoms. The second-order valence-corrected chi connectivity index (χ2v) is 5.09. The summed E-state index contributed by atoms with van der Waals surface area (Å²) in [5, 5.41) is 8.26. The predicted molar refractivity (Wildman–Crippen MR) is 44.5 cm³/mol. The van der Waals surface area contributed by atoms with E-state index in [1.54, 1.807) is 0 Å². The van der Waals surface area contributed by atoms with Gasteiger partial charge in [0, 0.05) is 13.1 Å². The minimum absolute atomic E-state index is 0.475. The van der Waals surface area contributed by atoms with Crippen molar-refractivity contribution in [3.63, 3.8) is 0 Å². The first kappa shape index (κ1) is 8.43. The van der Waals surface area contributed by atoms with Crippen molar-refractivity contribution in [1.82, 2.24) is 9.62 Å². The fraction of sp³-hybridized carbons (Fsp3) is 1.00. The fourth-order valence-corrected chi connectivity index (χ4v) is 2.82. The highest BCUT2D eigenvalue weighted by atomic mass is 32.2. The van der Waals surface area contributed by atoms with E-state index in [2.05, 4.69) is 5.32 Å². The molecule has 0 aromatic heterocycles. The SMILES string of the molecule is NS(=O)(=O)N1CC2CNCC2C1. The molecule has 0 aromatic carbocycles. The molecular weight excluding hydrogens is 178 g/mol. The lowest BCUT2D eigenvalue weighted by molar-refractivity contribution is 0.449. The summed E-state index contributed by atoms with van der Waals surface area (Å²) in [5.41, 5.74) is 0. The number of fused-ring (bicyclic) bond motifs is 1. The first-order valence-electron chi connectivity index (χ1n) is 4.06. The van der Waals surface area contributed by atoms with Crippen molar-refractivity contribution >= 4 is 10.2 Å². The Morgan fingerprint density at radius 2 is 1.75 bits per heavy atom. The Labute approximate surface area is 72.1 Å². The van der Waals surface area contributed by atoms with Crippen LogP contribution in [0.15, 0.2) is 0 Å². The molecule has 0 saturated carbocycles. The molecule has 2 atom stereocenters. The Kier molecular flexibility index (Phi) is 1.87. The lowest BCUT2D eigenvalue weighted by Crippen LogP contribution is -2.36. The molecule has 2 rings (SSSR count). The molecule has 0 amide bonds. The summed E-state index contributed by atoms with van der Waals surface area (Å²) in [7, 11) is -3.44. The van der Waals surface area contributed by atoms with Crippen LogP contribution >= 0.6 is 0 Å². The van der Waals surface area contributed by atoms with Gasteiger partial charge in [-0.05, 0) is 24.9 Å². The minimum atomic E-state index is -3.44. The first-order valence-corrected chi connectivity index (χ1v) is 5.56. The fourth-order valence-electron chi connectivity index (χ4n) is 2.02. The zero-order chi connectivity index (χ0) is 8.77. The quantitative estimate of drug-likeness (QED) is 0.521. The largest absolute Gasteiger partial charge is 0.316 e. The van der Waals surface area contributed by atoms with E-state index in [0.717, 1.165) is 13.1 Å². The standard InChI is InChI=1S/C6H13N3O2S/c7-12(10,11)9-3-5-1-8-2-6(5)4-9/h5-6,8H,1-4H2,(H2,7,10,11). The third-order valence-electron chi connectivity index (χ3n) is 2.72. The van der Waals surface area contributed by atoms with Crippen LogP contribution in [-0.4, -0.2) is 38.9 Å². The van der Waals surface area contributed by atoms with Gasteiger partial charge in [0.1, 0.15) is 0 Å². The van der Waals surface area contributed by atoms with Crippen molar-refractivity contribution in [1.29, 1.82) is 0 Å². The summed E-state index contributed by atoms with van der Waals surface area (Å²) in [6.07, 6.45) is 0. The van der Waals surface area contributed by atoms with Gasteiger partial charge in [-0.1, -0.05) is 0 Å². The molecule has 0 bridgehead atoms. The number of nitrogens with one attached hydrogen (secondary N) is 1. The van der Waals surface area contributed by atoms with Crippen LogP contribution in [0, 0.1) is 11.8 Å². The molecule has 2 aliphatic rings. The van der Waals surface area contributed by atoms with E-state index in [1.165, 1.54) is 4.31 Å². The molecule has 0 spiro atoms. The molecule has 0 aliphatic carbocycles. The lowest BCUT2D eigenvalue weighted by atomic mass is 10.0. The highest BCUT2D eigenvalue weighted by Crippen LogP contribution is 2.26. The van der Waals surface area contributed by atoms with Crippen molar-refractivity contribution in [2.45, 2.75) is 0 Å². The molecular formula is C6H13N3O2S. The molecule has 2 unspecified atom stereocenters. The van der Waals surface area contributed by atoms with Gasteiger partial charge in [0.25, 0.3) is 10.2 Å². The molecule has 2 aliphatic heterocycles. The van der Waals surface area contributed by atoms with Crippen molar-refractivity contribution in [3.8, 4) is 0 Å². The second-order valence-electron chi connectivity index (χ2n) is 3.54. The summed E-state index contributed by atoms with van der Waals surface area (Å²) < 4.78 is 23.3. The normalized spacial score (nSPS) is 37.1. The third kappa shape index (κ3) is 1.35. The Morgan fingerprint density at radius 3 is 2.17 bits per heavy atom. The van der Waals surface area contributed by atoms with Crippen molar-refractivity contribution in [2.24, 2.45) is 17.0 Å². The van der Waals surface area contributed by atoms with Gasteiger partial charge in [0.05, 0.1) is 0 Å². The summed E-state index contributed by atoms with van der Waals surface area (Å²) in [4.78, 5) is 0. The third-order valence-corrected chi connectivity index (χ3v) is 3.73. The average Bonchev–Trinajstić information content (AvgIpc) is 2.37. The van der Waals surface area contributed by atoms with E-state index in [-0.39, 0.29) is 0 Å². The van der Waals surface area contributed by atoms with Crippen LogP contribution in [0.3, 0.4) is 0 Å². The molecule has 2 saturated heterocycles. The number of rotatable bonds is 1. The summed E-state index contributed by atoms with van der Waals surface area (Å²) in [6, 6.07) is 0. The Bertz CT molecular complexity index is 265. The van der Waals surface area contributed by atoms with Gasteiger partial charge in [0.2, 0.25) is 0 Å². The highest BCUT2D eigenvalue weighted by Gasteiger charge is 2.39. The Balaban J connectivity index is 2.09. The Morgan fingerprint density at radius 1 is 1.25 bits per heavy atom. The second kappa shape index (κ2) is 2.66. The van der Waals surface area contributed by atoms with Crippen molar-refractivity contribution in [3.05, 3.63) is 0 Å². The number of hydrogen-bond donors (Lipinski definition) is 2. The maximum atomic E-state index is 10.9. The minimum Gasteiger partial charge on any atom is -0.316 e. The number of nitrogens with zero attached hydrogens (tertiary/aromatic N) is 1. The summed E-state index contributed by atoms with van der Waals surface area (Å²) >= 11 is 0. The Hall–Kier alpha value is -0.170. The summed E-state index contributed by atoms with van der Waals surface area (Å²) in [5.74, 6) is 0.951. The molecule has 2 heterocycles. The van der Waals surface area contributed by atoms with Gasteiger partial charge in [-0.2, -0.15) is 12.7 Å². The topological polar surface area (TPSA) is 75.4 Å². The van der Waals surface area contributed by atoms with Crippen LogP contribution in [0.2, 0.25) is 0 Å². The summed E-state index contributed by atoms with van der Waals surface area (Å²) in [6.45, 7) is 3.04. The van der Waals surface area contributed by atoms with E-state index < -0.39 is 10.2 Å². The molecule has 0 radical (unpaired) electrons. The maximum absolute atomic E-state index is 10.9. The van der Waals surface area contributed by atoms with E-state index in [0.29, 0.717) is 24.9 Å². The van der Waals surface area contributed by atoms with Crippen molar-refractivity contribution < 1.29 is 8.42 Å². The maximum Gasteiger partial charge on any atom is 0.276 e. The van der Waals surface area contributed by atoms with Gasteiger partial charge in [0.15, 0.2) is 0 Å². The van der Waals surface area contributed by atoms with Gasteiger partial charge in [-0.15, -0.1) is 0 Å². The van der Waals surface area contributed by atoms with Crippen LogP contribution in [0.1, 0.15) is 0 Å². The zero-order valence-corrected chi connectivity index (χ0v) is 7.55. The van der Waals surface area contributed by atoms with Gasteiger partial charge < -0.3 is 5.32 Å². The van der Waals surface area contributed by atoms with Gasteiger partial charge in [-0.3, -0.25) is 0 Å². The molecule has 6 heteroatoms. The lowest BCUT2D eigenvalue weighted by Gasteiger charge is -2.12. The van der Waals surface area contributed by atoms with E-state index in [4.69, 9.17) is 5.14 Å². The molecule has 3 N–H and O–H groups in total. The average molecular weight is 191 g/mol. The van der Waals surface area contributed by atoms with Gasteiger partial charge >= 0.3 is 0 Å². The van der Waals surface area contributed by atoms with E-state index in [9.17, 15) is 8.42 Å². The first-order chi connectivity index (χ1) is 5.57. The smallest absolute Gasteiger partial charge is 0.276 e.